The topological polar surface area (TPSA) is 128 Å². The number of thiocarbonyl (C=S) groups is 1. The lowest BCUT2D eigenvalue weighted by atomic mass is 10.0. The predicted molar refractivity (Wildman–Crippen MR) is 167 cm³/mol. The second-order valence-electron chi connectivity index (χ2n) is 9.54. The number of hydrogen-bond acceptors (Lipinski definition) is 8. The summed E-state index contributed by atoms with van der Waals surface area (Å²) in [6.45, 7) is 1.95. The van der Waals surface area contributed by atoms with E-state index in [1.807, 2.05) is 85.8 Å². The first-order valence-corrected chi connectivity index (χ1v) is 13.7. The zero-order valence-electron chi connectivity index (χ0n) is 22.7. The van der Waals surface area contributed by atoms with Gasteiger partial charge in [0.1, 0.15) is 11.9 Å². The van der Waals surface area contributed by atoms with Crippen molar-refractivity contribution in [3.05, 3.63) is 120 Å². The fourth-order valence-corrected chi connectivity index (χ4v) is 4.75. The van der Waals surface area contributed by atoms with Gasteiger partial charge >= 0.3 is 0 Å². The lowest BCUT2D eigenvalue weighted by Gasteiger charge is -2.16. The maximum Gasteiger partial charge on any atom is 0.254 e. The molecule has 0 radical (unpaired) electrons. The van der Waals surface area contributed by atoms with E-state index in [1.165, 1.54) is 0 Å². The van der Waals surface area contributed by atoms with Gasteiger partial charge in [-0.3, -0.25) is 0 Å². The van der Waals surface area contributed by atoms with Crippen molar-refractivity contribution in [2.45, 2.75) is 19.4 Å². The molecule has 11 heteroatoms. The molecule has 0 aliphatic rings. The molecule has 6 rings (SSSR count). The molecule has 0 bridgehead atoms. The minimum absolute atomic E-state index is 0.170. The molecule has 3 aromatic heterocycles. The molecule has 208 valence electrons. The molecule has 0 saturated heterocycles. The molecule has 0 saturated carbocycles. The quantitative estimate of drug-likeness (QED) is 0.195. The molecule has 0 aliphatic heterocycles. The number of ether oxygens (including phenoxy) is 1. The van der Waals surface area contributed by atoms with E-state index in [4.69, 9.17) is 22.7 Å². The lowest BCUT2D eigenvalue weighted by molar-refractivity contribution is 0.218. The van der Waals surface area contributed by atoms with E-state index in [9.17, 15) is 0 Å². The minimum atomic E-state index is -0.292. The van der Waals surface area contributed by atoms with Crippen LogP contribution >= 0.6 is 12.2 Å². The highest BCUT2D eigenvalue weighted by atomic mass is 32.1. The highest BCUT2D eigenvalue weighted by Crippen LogP contribution is 2.25. The highest BCUT2D eigenvalue weighted by Gasteiger charge is 2.15. The van der Waals surface area contributed by atoms with Gasteiger partial charge in [-0.05, 0) is 73.1 Å². The summed E-state index contributed by atoms with van der Waals surface area (Å²) in [7, 11) is 0. The van der Waals surface area contributed by atoms with Crippen molar-refractivity contribution in [2.75, 3.05) is 16.4 Å². The van der Waals surface area contributed by atoms with Crippen LogP contribution in [0.4, 0.5) is 17.5 Å². The third-order valence-corrected chi connectivity index (χ3v) is 6.78. The Morgan fingerprint density at radius 2 is 1.69 bits per heavy atom. The molecule has 1 atom stereocenters. The maximum atomic E-state index is 6.18. The molecule has 4 N–H and O–H groups in total. The van der Waals surface area contributed by atoms with Crippen LogP contribution in [0, 0.1) is 0 Å². The molecule has 0 amide bonds. The second kappa shape index (κ2) is 12.0. The van der Waals surface area contributed by atoms with Crippen LogP contribution in [0.5, 0.6) is 5.75 Å². The molecule has 0 fully saturated rings. The number of para-hydroxylation sites is 1. The number of nitrogens with two attached hydrogens (primary N) is 1. The molecule has 0 spiro atoms. The van der Waals surface area contributed by atoms with Gasteiger partial charge in [-0.15, -0.1) is 15.3 Å². The summed E-state index contributed by atoms with van der Waals surface area (Å²) >= 11 is 5.57. The first-order chi connectivity index (χ1) is 20.5. The van der Waals surface area contributed by atoms with Crippen molar-refractivity contribution in [1.82, 2.24) is 29.8 Å². The van der Waals surface area contributed by atoms with Crippen molar-refractivity contribution in [1.29, 1.82) is 0 Å². The molecule has 10 nitrogen and oxygen atoms in total. The Kier molecular flexibility index (Phi) is 7.64. The SMILES string of the molecule is CC(Oc1ccc(Cc2ccccc2NC(=S)Nc2ccc(-c3ccccc3)nn2)cc1)c1ccnc2nc(N)nn12. The maximum absolute atomic E-state index is 6.18. The number of fused-ring (bicyclic) bond motifs is 1. The first-order valence-electron chi connectivity index (χ1n) is 13.3. The predicted octanol–water partition coefficient (Wildman–Crippen LogP) is 5.70. The summed E-state index contributed by atoms with van der Waals surface area (Å²) in [6.07, 6.45) is 2.08. The van der Waals surface area contributed by atoms with Crippen LogP contribution in [0.3, 0.4) is 0 Å². The molecule has 3 aromatic carbocycles. The largest absolute Gasteiger partial charge is 0.484 e. The number of hydrogen-bond donors (Lipinski definition) is 3. The van der Waals surface area contributed by atoms with Gasteiger partial charge in [0, 0.05) is 17.4 Å². The van der Waals surface area contributed by atoms with E-state index in [0.717, 1.165) is 39.5 Å². The van der Waals surface area contributed by atoms with Crippen LogP contribution in [-0.4, -0.2) is 34.9 Å². The standard InChI is InChI=1S/C31H27N9OS/c1-20(27-17-18-33-30-36-29(32)39-40(27)30)41-24-13-11-21(12-14-24)19-23-9-5-6-10-25(23)34-31(42)35-28-16-15-26(37-38-28)22-7-3-2-4-8-22/h2-18,20H,19H2,1H3,(H2,32,39)(H2,34,35,38,42). The molecule has 1 unspecified atom stereocenters. The Hall–Kier alpha value is -5.42. The smallest absolute Gasteiger partial charge is 0.254 e. The van der Waals surface area contributed by atoms with Crippen molar-refractivity contribution in [2.24, 2.45) is 0 Å². The Balaban J connectivity index is 1.08. The number of rotatable bonds is 8. The van der Waals surface area contributed by atoms with E-state index in [2.05, 4.69) is 54.1 Å². The zero-order chi connectivity index (χ0) is 28.9. The number of nitrogen functional groups attached to an aromatic ring is 1. The van der Waals surface area contributed by atoms with Crippen molar-refractivity contribution in [3.63, 3.8) is 0 Å². The summed E-state index contributed by atoms with van der Waals surface area (Å²) in [5.74, 6) is 1.91. The minimum Gasteiger partial charge on any atom is -0.484 e. The number of aromatic nitrogens is 6. The summed E-state index contributed by atoms with van der Waals surface area (Å²) in [4.78, 5) is 8.31. The molecular formula is C31H27N9OS. The van der Waals surface area contributed by atoms with Crippen molar-refractivity contribution >= 4 is 40.6 Å². The van der Waals surface area contributed by atoms with Gasteiger partial charge in [-0.25, -0.2) is 4.98 Å². The first kappa shape index (κ1) is 26.8. The van der Waals surface area contributed by atoms with Crippen molar-refractivity contribution < 1.29 is 4.74 Å². The fraction of sp³-hybridized carbons (Fsp3) is 0.0968. The summed E-state index contributed by atoms with van der Waals surface area (Å²) < 4.78 is 7.78. The van der Waals surface area contributed by atoms with Crippen LogP contribution in [0.1, 0.15) is 29.8 Å². The Morgan fingerprint density at radius 1 is 0.905 bits per heavy atom. The van der Waals surface area contributed by atoms with E-state index in [0.29, 0.717) is 23.1 Å². The average molecular weight is 574 g/mol. The van der Waals surface area contributed by atoms with Crippen LogP contribution in [0.25, 0.3) is 17.0 Å². The van der Waals surface area contributed by atoms with Gasteiger partial charge in [0.2, 0.25) is 5.95 Å². The number of anilines is 3. The zero-order valence-corrected chi connectivity index (χ0v) is 23.5. The second-order valence-corrected chi connectivity index (χ2v) is 9.95. The Morgan fingerprint density at radius 3 is 2.48 bits per heavy atom. The summed E-state index contributed by atoms with van der Waals surface area (Å²) in [6, 6.07) is 31.6. The molecular weight excluding hydrogens is 546 g/mol. The molecule has 6 aromatic rings. The van der Waals surface area contributed by atoms with Gasteiger partial charge in [0.05, 0.1) is 11.4 Å². The van der Waals surface area contributed by atoms with Crippen LogP contribution < -0.4 is 21.1 Å². The summed E-state index contributed by atoms with van der Waals surface area (Å²) in [5.41, 5.74) is 11.5. The normalized spacial score (nSPS) is 11.6. The molecule has 3 heterocycles. The average Bonchev–Trinajstić information content (AvgIpc) is 3.40. The third-order valence-electron chi connectivity index (χ3n) is 6.57. The summed E-state index contributed by atoms with van der Waals surface area (Å²) in [5, 5.41) is 19.7. The molecule has 0 aliphatic carbocycles. The van der Waals surface area contributed by atoms with E-state index < -0.39 is 0 Å². The number of benzene rings is 3. The molecule has 42 heavy (non-hydrogen) atoms. The lowest BCUT2D eigenvalue weighted by Crippen LogP contribution is -2.20. The van der Waals surface area contributed by atoms with Crippen LogP contribution in [0.2, 0.25) is 0 Å². The Labute approximate surface area is 247 Å². The van der Waals surface area contributed by atoms with Gasteiger partial charge in [0.25, 0.3) is 5.78 Å². The van der Waals surface area contributed by atoms with E-state index >= 15 is 0 Å². The third kappa shape index (κ3) is 6.16. The number of nitrogens with one attached hydrogen (secondary N) is 2. The van der Waals surface area contributed by atoms with Crippen LogP contribution in [0.15, 0.2) is 103 Å². The van der Waals surface area contributed by atoms with Gasteiger partial charge in [-0.1, -0.05) is 60.7 Å². The Bertz CT molecular complexity index is 1820. The highest BCUT2D eigenvalue weighted by molar-refractivity contribution is 7.80. The fourth-order valence-electron chi connectivity index (χ4n) is 4.53. The van der Waals surface area contributed by atoms with Gasteiger partial charge < -0.3 is 21.1 Å². The monoisotopic (exact) mass is 573 g/mol. The number of nitrogens with zero attached hydrogens (tertiary/aromatic N) is 6. The van der Waals surface area contributed by atoms with Crippen molar-refractivity contribution in [3.8, 4) is 17.0 Å². The van der Waals surface area contributed by atoms with E-state index in [1.54, 1.807) is 10.7 Å². The van der Waals surface area contributed by atoms with Gasteiger partial charge in [-0.2, -0.15) is 9.50 Å². The van der Waals surface area contributed by atoms with Gasteiger partial charge in [0.15, 0.2) is 10.9 Å². The van der Waals surface area contributed by atoms with Crippen LogP contribution in [-0.2, 0) is 6.42 Å². The van der Waals surface area contributed by atoms with E-state index in [-0.39, 0.29) is 12.1 Å².